The Morgan fingerprint density at radius 3 is 2.58 bits per heavy atom. The molecule has 8 nitrogen and oxygen atoms in total. The predicted molar refractivity (Wildman–Crippen MR) is 119 cm³/mol. The fraction of sp³-hybridized carbons (Fsp3) is 0.375. The molecule has 2 aromatic rings. The van der Waals surface area contributed by atoms with E-state index in [4.69, 9.17) is 4.65 Å². The molecule has 170 valence electrons. The summed E-state index contributed by atoms with van der Waals surface area (Å²) in [7, 11) is -0.0943. The zero-order valence-electron chi connectivity index (χ0n) is 18.4. The van der Waals surface area contributed by atoms with Gasteiger partial charge in [-0.25, -0.2) is 4.79 Å². The van der Waals surface area contributed by atoms with Gasteiger partial charge in [0, 0.05) is 5.39 Å². The van der Waals surface area contributed by atoms with E-state index in [0.29, 0.717) is 35.0 Å². The van der Waals surface area contributed by atoms with E-state index >= 15 is 0 Å². The first-order chi connectivity index (χ1) is 15.9. The van der Waals surface area contributed by atoms with Gasteiger partial charge in [-0.2, -0.15) is 4.90 Å². The molecule has 33 heavy (non-hydrogen) atoms. The van der Waals surface area contributed by atoms with E-state index in [1.165, 1.54) is 0 Å². The van der Waals surface area contributed by atoms with Crippen molar-refractivity contribution in [1.29, 1.82) is 0 Å². The van der Waals surface area contributed by atoms with Crippen LogP contribution in [0.5, 0.6) is 5.75 Å². The predicted octanol–water partition coefficient (Wildman–Crippen LogP) is 3.12. The summed E-state index contributed by atoms with van der Waals surface area (Å²) in [4.78, 5) is 39.0. The van der Waals surface area contributed by atoms with Gasteiger partial charge in [-0.1, -0.05) is 42.8 Å². The van der Waals surface area contributed by atoms with Gasteiger partial charge in [0.2, 0.25) is 11.8 Å². The van der Waals surface area contributed by atoms with Crippen LogP contribution in [0.1, 0.15) is 37.9 Å². The molecule has 2 fully saturated rings. The van der Waals surface area contributed by atoms with E-state index in [1.807, 2.05) is 25.1 Å². The number of nitrogens with zero attached hydrogens (tertiary/aromatic N) is 1. The molecule has 2 N–H and O–H groups in total. The maximum Gasteiger partial charge on any atom is 0.487 e. The topological polar surface area (TPSA) is 113 Å². The minimum atomic E-state index is -1.23. The highest BCUT2D eigenvalue weighted by Crippen LogP contribution is 2.52. The average Bonchev–Trinajstić information content (AvgIpc) is 3.08. The normalized spacial score (nSPS) is 27.1. The highest BCUT2D eigenvalue weighted by Gasteiger charge is 2.59. The zero-order valence-corrected chi connectivity index (χ0v) is 18.4. The Labute approximate surface area is 190 Å². The standard InChI is InChI=1S/C24H24BNO7/c1-3-12-10-17-20(23(29)26(22(17)28)24(30)32-2)16-11-19(33-25(31)21(12)16)15-8-9-18(27)14-7-5-4-6-13(14)15/h4-9,16-17,19-20,27,31H,3,10-11H2,1-2H3/t16-,17-,19-,20+/m0/s1. The van der Waals surface area contributed by atoms with Crippen LogP contribution in [0.2, 0.25) is 0 Å². The largest absolute Gasteiger partial charge is 0.507 e. The van der Waals surface area contributed by atoms with Crippen LogP contribution >= 0.6 is 0 Å². The Hall–Kier alpha value is -3.17. The van der Waals surface area contributed by atoms with E-state index < -0.39 is 48.9 Å². The molecule has 0 radical (unpaired) electrons. The summed E-state index contributed by atoms with van der Waals surface area (Å²) >= 11 is 0. The summed E-state index contributed by atoms with van der Waals surface area (Å²) in [5, 5.41) is 22.7. The quantitative estimate of drug-likeness (QED) is 0.535. The summed E-state index contributed by atoms with van der Waals surface area (Å²) in [6, 6.07) is 10.7. The third-order valence-electron chi connectivity index (χ3n) is 7.28. The van der Waals surface area contributed by atoms with Gasteiger partial charge in [-0.05, 0) is 47.7 Å². The Balaban J connectivity index is 1.59. The van der Waals surface area contributed by atoms with Gasteiger partial charge in [-0.15, -0.1) is 0 Å². The van der Waals surface area contributed by atoms with Crippen molar-refractivity contribution in [2.24, 2.45) is 17.8 Å². The van der Waals surface area contributed by atoms with Crippen LogP contribution in [0.3, 0.4) is 0 Å². The van der Waals surface area contributed by atoms with E-state index in [1.54, 1.807) is 18.2 Å². The molecule has 3 aliphatic rings. The van der Waals surface area contributed by atoms with E-state index in [-0.39, 0.29) is 5.75 Å². The first-order valence-electron chi connectivity index (χ1n) is 11.1. The van der Waals surface area contributed by atoms with Crippen molar-refractivity contribution in [2.45, 2.75) is 32.3 Å². The van der Waals surface area contributed by atoms with E-state index in [0.717, 1.165) is 23.6 Å². The fourth-order valence-corrected chi connectivity index (χ4v) is 5.81. The van der Waals surface area contributed by atoms with Crippen LogP contribution < -0.4 is 0 Å². The minimum absolute atomic E-state index is 0.141. The number of carbonyl (C=O) groups excluding carboxylic acids is 3. The maximum absolute atomic E-state index is 13.2. The van der Waals surface area contributed by atoms with Crippen molar-refractivity contribution in [3.63, 3.8) is 0 Å². The lowest BCUT2D eigenvalue weighted by molar-refractivity contribution is -0.137. The van der Waals surface area contributed by atoms with Crippen LogP contribution in [-0.4, -0.2) is 47.2 Å². The number of hydrogen-bond acceptors (Lipinski definition) is 7. The Morgan fingerprint density at radius 2 is 1.88 bits per heavy atom. The summed E-state index contributed by atoms with van der Waals surface area (Å²) in [5.74, 6) is -2.87. The summed E-state index contributed by atoms with van der Waals surface area (Å²) in [5.41, 5.74) is 2.31. The number of carbonyl (C=O) groups is 3. The summed E-state index contributed by atoms with van der Waals surface area (Å²) in [6.45, 7) is 1.94. The molecule has 9 heteroatoms. The molecule has 2 aliphatic heterocycles. The van der Waals surface area contributed by atoms with Gasteiger partial charge in [0.25, 0.3) is 0 Å². The van der Waals surface area contributed by atoms with Gasteiger partial charge in [-0.3, -0.25) is 9.59 Å². The van der Waals surface area contributed by atoms with Crippen molar-refractivity contribution >= 4 is 35.8 Å². The molecule has 2 saturated heterocycles. The van der Waals surface area contributed by atoms with E-state index in [9.17, 15) is 24.5 Å². The van der Waals surface area contributed by atoms with Crippen LogP contribution in [0, 0.1) is 17.8 Å². The fourth-order valence-electron chi connectivity index (χ4n) is 5.81. The SMILES string of the molecule is CCC1=C2B(O)O[C@H](c3ccc(O)c4ccccc34)C[C@H]2[C@H]2C(=O)N(C(=O)OC)C(=O)[C@H]2C1. The molecule has 5 rings (SSSR count). The molecule has 0 aromatic heterocycles. The van der Waals surface area contributed by atoms with Crippen molar-refractivity contribution < 1.29 is 33.9 Å². The lowest BCUT2D eigenvalue weighted by Gasteiger charge is -2.42. The number of allylic oxidation sites excluding steroid dienone is 2. The number of fused-ring (bicyclic) bond motifs is 4. The highest BCUT2D eigenvalue weighted by atomic mass is 16.5. The van der Waals surface area contributed by atoms with Crippen LogP contribution in [0.15, 0.2) is 47.4 Å². The minimum Gasteiger partial charge on any atom is -0.507 e. The maximum atomic E-state index is 13.2. The first-order valence-corrected chi connectivity index (χ1v) is 11.1. The second kappa shape index (κ2) is 8.00. The van der Waals surface area contributed by atoms with Crippen molar-refractivity contribution in [1.82, 2.24) is 4.90 Å². The number of phenols is 1. The monoisotopic (exact) mass is 449 g/mol. The van der Waals surface area contributed by atoms with Gasteiger partial charge < -0.3 is 19.5 Å². The molecule has 3 amide bonds. The number of methoxy groups -OCH3 is 1. The Bertz CT molecular complexity index is 1210. The number of rotatable bonds is 2. The number of phenolic OH excluding ortho intramolecular Hbond substituents is 1. The number of aromatic hydroxyl groups is 1. The Kier molecular flexibility index (Phi) is 5.26. The second-order valence-electron chi connectivity index (χ2n) is 8.77. The smallest absolute Gasteiger partial charge is 0.487 e. The molecule has 0 saturated carbocycles. The lowest BCUT2D eigenvalue weighted by Crippen LogP contribution is -2.45. The number of hydrogen-bond donors (Lipinski definition) is 2. The third-order valence-corrected chi connectivity index (χ3v) is 7.28. The third kappa shape index (κ3) is 3.18. The molecular weight excluding hydrogens is 425 g/mol. The number of benzene rings is 2. The molecule has 0 bridgehead atoms. The van der Waals surface area contributed by atoms with Crippen LogP contribution in [0.4, 0.5) is 4.79 Å². The van der Waals surface area contributed by atoms with Crippen molar-refractivity contribution in [3.8, 4) is 5.75 Å². The average molecular weight is 449 g/mol. The molecule has 2 aromatic carbocycles. The van der Waals surface area contributed by atoms with Gasteiger partial charge in [0.15, 0.2) is 0 Å². The van der Waals surface area contributed by atoms with Crippen LogP contribution in [0.25, 0.3) is 10.8 Å². The molecule has 0 unspecified atom stereocenters. The Morgan fingerprint density at radius 1 is 1.15 bits per heavy atom. The van der Waals surface area contributed by atoms with Crippen molar-refractivity contribution in [2.75, 3.05) is 7.11 Å². The van der Waals surface area contributed by atoms with E-state index in [2.05, 4.69) is 4.74 Å². The first kappa shape index (κ1) is 21.7. The molecule has 4 atom stereocenters. The molecule has 2 heterocycles. The zero-order chi connectivity index (χ0) is 23.4. The second-order valence-corrected chi connectivity index (χ2v) is 8.77. The number of ether oxygens (including phenoxy) is 1. The van der Waals surface area contributed by atoms with Gasteiger partial charge >= 0.3 is 13.2 Å². The lowest BCUT2D eigenvalue weighted by atomic mass is 9.55. The molecule has 0 spiro atoms. The number of amides is 3. The number of likely N-dealkylation sites (tertiary alicyclic amines) is 1. The van der Waals surface area contributed by atoms with Gasteiger partial charge in [0.1, 0.15) is 5.75 Å². The highest BCUT2D eigenvalue weighted by molar-refractivity contribution is 6.53. The summed E-state index contributed by atoms with van der Waals surface area (Å²) in [6.07, 6.45) is -0.279. The van der Waals surface area contributed by atoms with Crippen molar-refractivity contribution in [3.05, 3.63) is 53.0 Å². The molecular formula is C24H24BNO7. The van der Waals surface area contributed by atoms with Crippen LogP contribution in [-0.2, 0) is 19.0 Å². The number of imide groups is 3. The summed E-state index contributed by atoms with van der Waals surface area (Å²) < 4.78 is 10.7. The molecule has 1 aliphatic carbocycles. The van der Waals surface area contributed by atoms with Gasteiger partial charge in [0.05, 0.1) is 25.0 Å².